The van der Waals surface area contributed by atoms with Crippen LogP contribution in [0.3, 0.4) is 0 Å². The lowest BCUT2D eigenvalue weighted by Crippen LogP contribution is -2.60. The van der Waals surface area contributed by atoms with Crippen molar-refractivity contribution in [2.24, 2.45) is 17.8 Å². The second-order valence-corrected chi connectivity index (χ2v) is 16.4. The predicted octanol–water partition coefficient (Wildman–Crippen LogP) is 1.17. The van der Waals surface area contributed by atoms with Crippen molar-refractivity contribution in [1.82, 2.24) is 10.2 Å². The van der Waals surface area contributed by atoms with E-state index in [-0.39, 0.29) is 30.9 Å². The van der Waals surface area contributed by atoms with Crippen molar-refractivity contribution in [3.63, 3.8) is 0 Å². The zero-order valence-electron chi connectivity index (χ0n) is 32.5. The van der Waals surface area contributed by atoms with Gasteiger partial charge in [-0.3, -0.25) is 4.79 Å². The average Bonchev–Trinajstić information content (AvgIpc) is 3.03. The molecular formula is C36H68N2O12. The van der Waals surface area contributed by atoms with E-state index < -0.39 is 96.0 Å². The van der Waals surface area contributed by atoms with E-state index in [0.717, 1.165) is 0 Å². The van der Waals surface area contributed by atoms with Crippen LogP contribution in [-0.4, -0.2) is 154 Å². The Bertz CT molecular complexity index is 1100. The van der Waals surface area contributed by atoms with Gasteiger partial charge in [0.2, 0.25) is 0 Å². The van der Waals surface area contributed by atoms with Crippen molar-refractivity contribution in [3.05, 3.63) is 0 Å². The van der Waals surface area contributed by atoms with Crippen LogP contribution in [0.15, 0.2) is 0 Å². The summed E-state index contributed by atoms with van der Waals surface area (Å²) in [4.78, 5) is 15.9. The molecule has 18 unspecified atom stereocenters. The van der Waals surface area contributed by atoms with Crippen molar-refractivity contribution in [3.8, 4) is 0 Å². The maximum Gasteiger partial charge on any atom is 0.311 e. The quantitative estimate of drug-likeness (QED) is 0.215. The summed E-state index contributed by atoms with van der Waals surface area (Å²) in [6.45, 7) is 17.5. The molecule has 3 heterocycles. The summed E-state index contributed by atoms with van der Waals surface area (Å²) in [5.41, 5.74) is -4.38. The molecule has 50 heavy (non-hydrogen) atoms. The Hall–Kier alpha value is -1.01. The molecule has 0 bridgehead atoms. The molecule has 3 saturated heterocycles. The smallest absolute Gasteiger partial charge is 0.311 e. The second kappa shape index (κ2) is 17.0. The predicted molar refractivity (Wildman–Crippen MR) is 185 cm³/mol. The number of likely N-dealkylation sites (N-methyl/N-ethyl adjacent to an activating group) is 1. The van der Waals surface area contributed by atoms with Crippen molar-refractivity contribution in [1.29, 1.82) is 0 Å². The Balaban J connectivity index is 2.13. The molecule has 0 amide bonds. The van der Waals surface area contributed by atoms with Gasteiger partial charge >= 0.3 is 5.97 Å². The Morgan fingerprint density at radius 3 is 2.10 bits per heavy atom. The number of ether oxygens (including phenoxy) is 6. The van der Waals surface area contributed by atoms with Gasteiger partial charge < -0.3 is 64.2 Å². The van der Waals surface area contributed by atoms with Gasteiger partial charge in [0.05, 0.1) is 41.5 Å². The van der Waals surface area contributed by atoms with Crippen LogP contribution in [0.4, 0.5) is 0 Å². The van der Waals surface area contributed by atoms with Crippen LogP contribution in [0, 0.1) is 17.8 Å². The number of carbonyl (C=O) groups is 1. The molecule has 18 atom stereocenters. The highest BCUT2D eigenvalue weighted by Crippen LogP contribution is 2.39. The molecule has 3 rings (SSSR count). The van der Waals surface area contributed by atoms with Crippen LogP contribution < -0.4 is 5.32 Å². The minimum atomic E-state index is -1.81. The molecule has 0 aromatic rings. The Morgan fingerprint density at radius 1 is 0.900 bits per heavy atom. The Kier molecular flexibility index (Phi) is 14.7. The summed E-state index contributed by atoms with van der Waals surface area (Å²) >= 11 is 0. The van der Waals surface area contributed by atoms with Gasteiger partial charge in [-0.2, -0.15) is 0 Å². The molecule has 0 aliphatic carbocycles. The van der Waals surface area contributed by atoms with Gasteiger partial charge in [-0.05, 0) is 94.8 Å². The van der Waals surface area contributed by atoms with Crippen LogP contribution in [0.5, 0.6) is 0 Å². The number of hydrogen-bond donors (Lipinski definition) is 6. The van der Waals surface area contributed by atoms with Crippen LogP contribution >= 0.6 is 0 Å². The zero-order valence-corrected chi connectivity index (χ0v) is 32.5. The lowest BCUT2D eigenvalue weighted by Gasteiger charge is -2.48. The monoisotopic (exact) mass is 720 g/mol. The molecule has 3 aliphatic rings. The Labute approximate surface area is 299 Å². The number of carbonyl (C=O) groups excluding carboxylic acids is 1. The normalized spacial score (nSPS) is 50.7. The second-order valence-electron chi connectivity index (χ2n) is 16.4. The maximum absolute atomic E-state index is 14.0. The van der Waals surface area contributed by atoms with E-state index in [1.807, 2.05) is 32.8 Å². The number of aliphatic hydroxyl groups is 5. The van der Waals surface area contributed by atoms with E-state index in [1.54, 1.807) is 41.5 Å². The number of nitrogens with zero attached hydrogens (tertiary/aromatic N) is 1. The molecule has 0 radical (unpaired) electrons. The summed E-state index contributed by atoms with van der Waals surface area (Å²) < 4.78 is 37.1. The third-order valence-electron chi connectivity index (χ3n) is 11.6. The topological polar surface area (TPSA) is 189 Å². The molecule has 0 spiro atoms. The van der Waals surface area contributed by atoms with Crippen LogP contribution in [-0.2, 0) is 33.2 Å². The fourth-order valence-electron chi connectivity index (χ4n) is 7.95. The van der Waals surface area contributed by atoms with Crippen LogP contribution in [0.2, 0.25) is 0 Å². The number of nitrogens with one attached hydrogen (secondary N) is 1. The van der Waals surface area contributed by atoms with Crippen LogP contribution in [0.1, 0.15) is 88.5 Å². The summed E-state index contributed by atoms with van der Waals surface area (Å²) in [6, 6.07) is -0.859. The van der Waals surface area contributed by atoms with Gasteiger partial charge in [-0.1, -0.05) is 13.8 Å². The van der Waals surface area contributed by atoms with Crippen molar-refractivity contribution < 1.29 is 58.7 Å². The van der Waals surface area contributed by atoms with Crippen molar-refractivity contribution in [2.45, 2.75) is 179 Å². The first-order chi connectivity index (χ1) is 23.0. The third-order valence-corrected chi connectivity index (χ3v) is 11.6. The SMILES string of the molecule is COC1(C)CC(OC2C(C)C(=O)OC(C)C(C)(O)C(O)C(C)NCC(C)CC(C)(O)C(OC3OC(C)CC(N(C)C)C3O)C2C)OC(C)C1O. The highest BCUT2D eigenvalue weighted by Gasteiger charge is 2.52. The molecule has 14 nitrogen and oxygen atoms in total. The van der Waals surface area contributed by atoms with E-state index >= 15 is 0 Å². The minimum Gasteiger partial charge on any atom is -0.459 e. The summed E-state index contributed by atoms with van der Waals surface area (Å²) in [5, 5.41) is 60.5. The number of aliphatic hydroxyl groups excluding tert-OH is 3. The van der Waals surface area contributed by atoms with Crippen molar-refractivity contribution >= 4 is 5.97 Å². The molecular weight excluding hydrogens is 652 g/mol. The first-order valence-electron chi connectivity index (χ1n) is 18.2. The summed E-state index contributed by atoms with van der Waals surface area (Å²) in [5.74, 6) is -2.62. The fourth-order valence-corrected chi connectivity index (χ4v) is 7.95. The molecule has 294 valence electrons. The first kappa shape index (κ1) is 43.4. The molecule has 0 aromatic heterocycles. The Morgan fingerprint density at radius 2 is 1.52 bits per heavy atom. The lowest BCUT2D eigenvalue weighted by molar-refractivity contribution is -0.318. The number of rotatable bonds is 6. The number of methoxy groups -OCH3 is 1. The van der Waals surface area contributed by atoms with Gasteiger partial charge in [-0.25, -0.2) is 0 Å². The number of esters is 1. The summed E-state index contributed by atoms with van der Waals surface area (Å²) in [6.07, 6.45) is -8.50. The average molecular weight is 721 g/mol. The van der Waals surface area contributed by atoms with E-state index in [2.05, 4.69) is 5.32 Å². The standard InChI is InChI=1S/C36H68N2O12/c1-18-15-34(8,43)31(50-33-27(39)25(38(11)12)14-19(2)46-33)20(3)28(49-26-16-35(9,45-13)30(41)23(6)47-26)21(4)32(42)48-24(7)36(10,44)29(40)22(5)37-17-18/h18-31,33,37,39-41,43-44H,14-17H2,1-13H3. The van der Waals surface area contributed by atoms with Crippen LogP contribution in [0.25, 0.3) is 0 Å². The zero-order chi connectivity index (χ0) is 38.1. The van der Waals surface area contributed by atoms with E-state index in [4.69, 9.17) is 28.4 Å². The van der Waals surface area contributed by atoms with E-state index in [1.165, 1.54) is 21.0 Å². The van der Waals surface area contributed by atoms with Gasteiger partial charge in [0.25, 0.3) is 0 Å². The summed E-state index contributed by atoms with van der Waals surface area (Å²) in [7, 11) is 5.26. The molecule has 6 N–H and O–H groups in total. The molecule has 14 heteroatoms. The van der Waals surface area contributed by atoms with Gasteiger partial charge in [-0.15, -0.1) is 0 Å². The number of hydrogen-bond acceptors (Lipinski definition) is 14. The first-order valence-corrected chi connectivity index (χ1v) is 18.2. The maximum atomic E-state index is 14.0. The highest BCUT2D eigenvalue weighted by atomic mass is 16.7. The molecule has 3 aliphatic heterocycles. The molecule has 3 fully saturated rings. The van der Waals surface area contributed by atoms with E-state index in [9.17, 15) is 30.3 Å². The highest BCUT2D eigenvalue weighted by molar-refractivity contribution is 5.73. The van der Waals surface area contributed by atoms with Crippen molar-refractivity contribution in [2.75, 3.05) is 27.7 Å². The van der Waals surface area contributed by atoms with E-state index in [0.29, 0.717) is 13.0 Å². The van der Waals surface area contributed by atoms with Gasteiger partial charge in [0.1, 0.15) is 30.0 Å². The number of cyclic esters (lactones) is 1. The largest absolute Gasteiger partial charge is 0.459 e. The minimum absolute atomic E-state index is 0.131. The van der Waals surface area contributed by atoms with Gasteiger partial charge in [0.15, 0.2) is 12.6 Å². The lowest BCUT2D eigenvalue weighted by atomic mass is 9.77. The van der Waals surface area contributed by atoms with Gasteiger partial charge in [0, 0.05) is 31.5 Å². The fraction of sp³-hybridized carbons (Fsp3) is 0.972. The molecule has 0 aromatic carbocycles. The molecule has 0 saturated carbocycles. The third kappa shape index (κ3) is 9.74.